The number of sulfonamides is 1. The molecule has 0 bridgehead atoms. The predicted molar refractivity (Wildman–Crippen MR) is 134 cm³/mol. The minimum Gasteiger partial charge on any atom is -0.378 e. The molecular weight excluding hydrogens is 464 g/mol. The zero-order chi connectivity index (χ0) is 24.4. The van der Waals surface area contributed by atoms with Gasteiger partial charge in [0.1, 0.15) is 5.82 Å². The molecule has 3 aromatic rings. The minimum absolute atomic E-state index is 0.102. The van der Waals surface area contributed by atoms with Crippen molar-refractivity contribution in [3.05, 3.63) is 83.6 Å². The van der Waals surface area contributed by atoms with Crippen molar-refractivity contribution in [3.63, 3.8) is 0 Å². The number of nitrogens with zero attached hydrogens (tertiary/aromatic N) is 3. The van der Waals surface area contributed by atoms with Crippen LogP contribution in [0.5, 0.6) is 0 Å². The van der Waals surface area contributed by atoms with Crippen molar-refractivity contribution < 1.29 is 17.9 Å². The van der Waals surface area contributed by atoms with Gasteiger partial charge in [-0.05, 0) is 54.8 Å². The Morgan fingerprint density at radius 2 is 1.89 bits per heavy atom. The van der Waals surface area contributed by atoms with Gasteiger partial charge in [-0.15, -0.1) is 0 Å². The summed E-state index contributed by atoms with van der Waals surface area (Å²) in [5.41, 5.74) is 2.86. The Labute approximate surface area is 205 Å². The quantitative estimate of drug-likeness (QED) is 0.569. The van der Waals surface area contributed by atoms with Gasteiger partial charge in [-0.1, -0.05) is 30.3 Å². The SMILES string of the molecule is CC1Cc2ccccc2N1S(=O)(=O)c1cccc(C(=O)NCc2ccc(N3CCOCC3)nc2)c1. The number of ether oxygens (including phenoxy) is 1. The number of carbonyl (C=O) groups is 1. The molecule has 0 aliphatic carbocycles. The summed E-state index contributed by atoms with van der Waals surface area (Å²) in [5, 5.41) is 2.87. The van der Waals surface area contributed by atoms with Gasteiger partial charge in [-0.25, -0.2) is 13.4 Å². The zero-order valence-corrected chi connectivity index (χ0v) is 20.4. The lowest BCUT2D eigenvalue weighted by Crippen LogP contribution is -2.36. The smallest absolute Gasteiger partial charge is 0.264 e. The van der Waals surface area contributed by atoms with E-state index in [1.807, 2.05) is 43.3 Å². The van der Waals surface area contributed by atoms with Crippen LogP contribution in [0.3, 0.4) is 0 Å². The standard InChI is InChI=1S/C26H28N4O4S/c1-19-15-21-5-2-3-8-24(21)30(19)35(32,33)23-7-4-6-22(16-23)26(31)28-18-20-9-10-25(27-17-20)29-11-13-34-14-12-29/h2-10,16-17,19H,11-15,18H2,1H3,(H,28,31). The lowest BCUT2D eigenvalue weighted by Gasteiger charge is -2.27. The number of amides is 1. The number of para-hydroxylation sites is 1. The number of pyridine rings is 1. The van der Waals surface area contributed by atoms with Gasteiger partial charge < -0.3 is 15.0 Å². The summed E-state index contributed by atoms with van der Waals surface area (Å²) >= 11 is 0. The molecule has 3 heterocycles. The number of hydrogen-bond acceptors (Lipinski definition) is 6. The molecule has 2 aromatic carbocycles. The molecule has 182 valence electrons. The van der Waals surface area contributed by atoms with Crippen LogP contribution >= 0.6 is 0 Å². The number of aromatic nitrogens is 1. The summed E-state index contributed by atoms with van der Waals surface area (Å²) in [6.07, 6.45) is 2.41. The fourth-order valence-corrected chi connectivity index (χ4v) is 6.34. The molecule has 1 atom stereocenters. The topological polar surface area (TPSA) is 91.8 Å². The maximum Gasteiger partial charge on any atom is 0.264 e. The van der Waals surface area contributed by atoms with Crippen LogP contribution in [0.1, 0.15) is 28.4 Å². The zero-order valence-electron chi connectivity index (χ0n) is 19.6. The maximum absolute atomic E-state index is 13.5. The summed E-state index contributed by atoms with van der Waals surface area (Å²) in [7, 11) is -3.81. The van der Waals surface area contributed by atoms with Crippen LogP contribution in [0.15, 0.2) is 71.8 Å². The van der Waals surface area contributed by atoms with E-state index < -0.39 is 10.0 Å². The van der Waals surface area contributed by atoms with Gasteiger partial charge in [0.05, 0.1) is 23.8 Å². The van der Waals surface area contributed by atoms with E-state index in [2.05, 4.69) is 15.2 Å². The van der Waals surface area contributed by atoms with Crippen LogP contribution in [0.2, 0.25) is 0 Å². The highest BCUT2D eigenvalue weighted by Crippen LogP contribution is 2.36. The number of morpholine rings is 1. The molecule has 8 nitrogen and oxygen atoms in total. The average molecular weight is 493 g/mol. The van der Waals surface area contributed by atoms with E-state index in [0.29, 0.717) is 37.4 Å². The molecule has 5 rings (SSSR count). The molecule has 1 amide bonds. The van der Waals surface area contributed by atoms with E-state index >= 15 is 0 Å². The molecule has 0 radical (unpaired) electrons. The predicted octanol–water partition coefficient (Wildman–Crippen LogP) is 2.99. The van der Waals surface area contributed by atoms with Crippen molar-refractivity contribution in [2.24, 2.45) is 0 Å². The second-order valence-corrected chi connectivity index (χ2v) is 10.6. The second kappa shape index (κ2) is 9.67. The van der Waals surface area contributed by atoms with E-state index in [-0.39, 0.29) is 16.8 Å². The molecule has 0 saturated carbocycles. The maximum atomic E-state index is 13.5. The first-order valence-corrected chi connectivity index (χ1v) is 13.2. The molecule has 1 N–H and O–H groups in total. The number of benzene rings is 2. The van der Waals surface area contributed by atoms with Crippen molar-refractivity contribution in [1.29, 1.82) is 0 Å². The highest BCUT2D eigenvalue weighted by atomic mass is 32.2. The Balaban J connectivity index is 1.28. The second-order valence-electron chi connectivity index (χ2n) is 8.82. The van der Waals surface area contributed by atoms with E-state index in [0.717, 1.165) is 30.0 Å². The summed E-state index contributed by atoms with van der Waals surface area (Å²) in [6.45, 7) is 5.19. The van der Waals surface area contributed by atoms with Gasteiger partial charge >= 0.3 is 0 Å². The summed E-state index contributed by atoms with van der Waals surface area (Å²) in [4.78, 5) is 19.6. The first kappa shape index (κ1) is 23.3. The summed E-state index contributed by atoms with van der Waals surface area (Å²) in [6, 6.07) is 17.4. The molecule has 2 aliphatic rings. The normalized spacial score (nSPS) is 17.8. The highest BCUT2D eigenvalue weighted by molar-refractivity contribution is 7.92. The number of hydrogen-bond donors (Lipinski definition) is 1. The van der Waals surface area contributed by atoms with Crippen molar-refractivity contribution >= 4 is 27.4 Å². The van der Waals surface area contributed by atoms with Crippen molar-refractivity contribution in [2.75, 3.05) is 35.5 Å². The van der Waals surface area contributed by atoms with Crippen LogP contribution in [-0.2, 0) is 27.7 Å². The number of nitrogens with one attached hydrogen (secondary N) is 1. The van der Waals surface area contributed by atoms with Gasteiger partial charge in [0, 0.05) is 37.4 Å². The van der Waals surface area contributed by atoms with Gasteiger partial charge in [0.2, 0.25) is 0 Å². The number of carbonyl (C=O) groups excluding carboxylic acids is 1. The fraction of sp³-hybridized carbons (Fsp3) is 0.308. The fourth-order valence-electron chi connectivity index (χ4n) is 4.60. The Hall–Kier alpha value is -3.43. The third kappa shape index (κ3) is 4.74. The minimum atomic E-state index is -3.81. The number of fused-ring (bicyclic) bond motifs is 1. The van der Waals surface area contributed by atoms with Crippen molar-refractivity contribution in [1.82, 2.24) is 10.3 Å². The third-order valence-corrected chi connectivity index (χ3v) is 8.32. The molecule has 2 aliphatic heterocycles. The molecule has 35 heavy (non-hydrogen) atoms. The van der Waals surface area contributed by atoms with Crippen LogP contribution in [0.4, 0.5) is 11.5 Å². The van der Waals surface area contributed by atoms with Crippen molar-refractivity contribution in [2.45, 2.75) is 30.8 Å². The van der Waals surface area contributed by atoms with Crippen LogP contribution in [0.25, 0.3) is 0 Å². The molecule has 1 saturated heterocycles. The van der Waals surface area contributed by atoms with E-state index in [1.165, 1.54) is 16.4 Å². The van der Waals surface area contributed by atoms with E-state index in [4.69, 9.17) is 4.74 Å². The first-order valence-electron chi connectivity index (χ1n) is 11.7. The van der Waals surface area contributed by atoms with Gasteiger partial charge in [0.15, 0.2) is 0 Å². The van der Waals surface area contributed by atoms with Crippen LogP contribution in [-0.4, -0.2) is 51.7 Å². The highest BCUT2D eigenvalue weighted by Gasteiger charge is 2.36. The lowest BCUT2D eigenvalue weighted by molar-refractivity contribution is 0.0950. The van der Waals surface area contributed by atoms with E-state index in [9.17, 15) is 13.2 Å². The molecule has 1 unspecified atom stereocenters. The van der Waals surface area contributed by atoms with Crippen LogP contribution < -0.4 is 14.5 Å². The summed E-state index contributed by atoms with van der Waals surface area (Å²) < 4.78 is 33.8. The molecular formula is C26H28N4O4S. The Morgan fingerprint density at radius 1 is 1.09 bits per heavy atom. The number of anilines is 2. The van der Waals surface area contributed by atoms with Crippen LogP contribution in [0, 0.1) is 0 Å². The summed E-state index contributed by atoms with van der Waals surface area (Å²) in [5.74, 6) is 0.549. The molecule has 1 aromatic heterocycles. The van der Waals surface area contributed by atoms with Crippen molar-refractivity contribution in [3.8, 4) is 0 Å². The molecule has 1 fully saturated rings. The Kier molecular flexibility index (Phi) is 6.44. The van der Waals surface area contributed by atoms with Gasteiger partial charge in [0.25, 0.3) is 15.9 Å². The third-order valence-electron chi connectivity index (χ3n) is 6.40. The average Bonchev–Trinajstić information content (AvgIpc) is 3.24. The van der Waals surface area contributed by atoms with Gasteiger partial charge in [-0.3, -0.25) is 9.10 Å². The van der Waals surface area contributed by atoms with E-state index in [1.54, 1.807) is 18.3 Å². The lowest BCUT2D eigenvalue weighted by atomic mass is 10.1. The first-order chi connectivity index (χ1) is 16.9. The monoisotopic (exact) mass is 492 g/mol. The largest absolute Gasteiger partial charge is 0.378 e. The Morgan fingerprint density at radius 3 is 2.66 bits per heavy atom. The molecule has 9 heteroatoms. The number of rotatable bonds is 6. The molecule has 0 spiro atoms. The van der Waals surface area contributed by atoms with Gasteiger partial charge in [-0.2, -0.15) is 0 Å². The Bertz CT molecular complexity index is 1320.